The van der Waals surface area contributed by atoms with Gasteiger partial charge in [0.2, 0.25) is 0 Å². The second-order valence-corrected chi connectivity index (χ2v) is 4.42. The van der Waals surface area contributed by atoms with Crippen molar-refractivity contribution in [3.05, 3.63) is 34.9 Å². The summed E-state index contributed by atoms with van der Waals surface area (Å²) in [6, 6.07) is 9.54. The lowest BCUT2D eigenvalue weighted by Crippen LogP contribution is -2.27. The molecule has 0 unspecified atom stereocenters. The number of rotatable bonds is 6. The van der Waals surface area contributed by atoms with Crippen molar-refractivity contribution in [2.24, 2.45) is 0 Å². The zero-order valence-electron chi connectivity index (χ0n) is 9.82. The van der Waals surface area contributed by atoms with Gasteiger partial charge in [-0.3, -0.25) is 9.69 Å². The zero-order valence-corrected chi connectivity index (χ0v) is 10.6. The van der Waals surface area contributed by atoms with Crippen LogP contribution in [0.5, 0.6) is 0 Å². The lowest BCUT2D eigenvalue weighted by atomic mass is 10.1. The number of nitriles is 1. The van der Waals surface area contributed by atoms with E-state index in [-0.39, 0.29) is 12.2 Å². The molecule has 0 spiro atoms. The number of hydrogen-bond acceptors (Lipinski definition) is 3. The summed E-state index contributed by atoms with van der Waals surface area (Å²) in [6.45, 7) is 1.12. The summed E-state index contributed by atoms with van der Waals surface area (Å²) in [7, 11) is 1.88. The molecule has 0 radical (unpaired) electrons. The van der Waals surface area contributed by atoms with Crippen molar-refractivity contribution < 1.29 is 4.79 Å². The van der Waals surface area contributed by atoms with Crippen LogP contribution in [0.1, 0.15) is 12.0 Å². The molecule has 0 aliphatic rings. The minimum atomic E-state index is -0.0360. The molecule has 0 saturated heterocycles. The number of hydrogen-bond donors (Lipinski definition) is 0. The van der Waals surface area contributed by atoms with E-state index in [9.17, 15) is 4.79 Å². The topological polar surface area (TPSA) is 44.1 Å². The third-order valence-corrected chi connectivity index (χ3v) is 2.67. The minimum Gasteiger partial charge on any atom is -0.299 e. The first-order valence-electron chi connectivity index (χ1n) is 5.43. The molecule has 17 heavy (non-hydrogen) atoms. The first-order valence-corrected chi connectivity index (χ1v) is 5.81. The first-order chi connectivity index (χ1) is 8.11. The van der Waals surface area contributed by atoms with Crippen molar-refractivity contribution in [2.75, 3.05) is 20.1 Å². The van der Waals surface area contributed by atoms with Gasteiger partial charge >= 0.3 is 0 Å². The maximum Gasteiger partial charge on any atom is 0.160 e. The van der Waals surface area contributed by atoms with Gasteiger partial charge < -0.3 is 0 Å². The Kier molecular flexibility index (Phi) is 5.68. The van der Waals surface area contributed by atoms with E-state index >= 15 is 0 Å². The quantitative estimate of drug-likeness (QED) is 0.778. The van der Waals surface area contributed by atoms with Crippen LogP contribution in [0, 0.1) is 11.3 Å². The maximum absolute atomic E-state index is 11.2. The van der Waals surface area contributed by atoms with Gasteiger partial charge in [0, 0.05) is 11.6 Å². The number of likely N-dealkylation sites (N-methyl/N-ethyl adjacent to an activating group) is 1. The normalized spacial score (nSPS) is 10.2. The Balaban J connectivity index is 2.33. The summed E-state index contributed by atoms with van der Waals surface area (Å²) in [5.74, 6) is -0.0360. The number of carbonyl (C=O) groups excluding carboxylic acids is 1. The van der Waals surface area contributed by atoms with Gasteiger partial charge in [0.15, 0.2) is 5.78 Å². The first kappa shape index (κ1) is 13.7. The Hall–Kier alpha value is -1.37. The summed E-state index contributed by atoms with van der Waals surface area (Å²) in [4.78, 5) is 13.2. The molecule has 3 nitrogen and oxygen atoms in total. The SMILES string of the molecule is CN(CCc1ccc(Cl)cc1)CC(=O)CC#N. The zero-order chi connectivity index (χ0) is 12.7. The van der Waals surface area contributed by atoms with Gasteiger partial charge in [-0.2, -0.15) is 5.26 Å². The van der Waals surface area contributed by atoms with Crippen molar-refractivity contribution >= 4 is 17.4 Å². The molecule has 0 aromatic heterocycles. The van der Waals surface area contributed by atoms with Crippen molar-refractivity contribution in [3.8, 4) is 6.07 Å². The molecule has 1 aromatic rings. The number of halogens is 1. The van der Waals surface area contributed by atoms with Gasteiger partial charge in [0.05, 0.1) is 19.0 Å². The Morgan fingerprint density at radius 1 is 1.41 bits per heavy atom. The second kappa shape index (κ2) is 7.05. The number of carbonyl (C=O) groups is 1. The standard InChI is InChI=1S/C13H15ClN2O/c1-16(10-13(17)6-8-15)9-7-11-2-4-12(14)5-3-11/h2-5H,6-7,9-10H2,1H3. The fourth-order valence-corrected chi connectivity index (χ4v) is 1.62. The van der Waals surface area contributed by atoms with Crippen molar-refractivity contribution in [3.63, 3.8) is 0 Å². The third kappa shape index (κ3) is 5.48. The van der Waals surface area contributed by atoms with E-state index in [0.29, 0.717) is 6.54 Å². The van der Waals surface area contributed by atoms with Gasteiger partial charge in [-0.05, 0) is 31.2 Å². The summed E-state index contributed by atoms with van der Waals surface area (Å²) in [5, 5.41) is 9.11. The third-order valence-electron chi connectivity index (χ3n) is 2.42. The van der Waals surface area contributed by atoms with E-state index in [1.54, 1.807) is 0 Å². The average molecular weight is 251 g/mol. The predicted molar refractivity (Wildman–Crippen MR) is 67.9 cm³/mol. The molecule has 0 amide bonds. The fourth-order valence-electron chi connectivity index (χ4n) is 1.50. The van der Waals surface area contributed by atoms with Gasteiger partial charge in [-0.1, -0.05) is 23.7 Å². The Morgan fingerprint density at radius 2 is 2.06 bits per heavy atom. The number of benzene rings is 1. The number of Topliss-reactive ketones (excluding diaryl/α,β-unsaturated/α-hetero) is 1. The van der Waals surface area contributed by atoms with Crippen LogP contribution in [0.3, 0.4) is 0 Å². The number of nitrogens with zero attached hydrogens (tertiary/aromatic N) is 2. The van der Waals surface area contributed by atoms with Crippen LogP contribution >= 0.6 is 11.6 Å². The van der Waals surface area contributed by atoms with E-state index in [1.807, 2.05) is 42.3 Å². The molecule has 4 heteroatoms. The molecule has 0 fully saturated rings. The largest absolute Gasteiger partial charge is 0.299 e. The maximum atomic E-state index is 11.2. The Labute approximate surface area is 107 Å². The summed E-state index contributed by atoms with van der Waals surface area (Å²) >= 11 is 5.79. The Bertz CT molecular complexity index is 408. The molecule has 1 rings (SSSR count). The lowest BCUT2D eigenvalue weighted by molar-refractivity contribution is -0.118. The fraction of sp³-hybridized carbons (Fsp3) is 0.385. The van der Waals surface area contributed by atoms with Crippen molar-refractivity contribution in [2.45, 2.75) is 12.8 Å². The molecular formula is C13H15ClN2O. The molecule has 0 aliphatic carbocycles. The molecule has 0 aliphatic heterocycles. The molecular weight excluding hydrogens is 236 g/mol. The van der Waals surface area contributed by atoms with Crippen LogP contribution in [0.15, 0.2) is 24.3 Å². The van der Waals surface area contributed by atoms with Crippen LogP contribution < -0.4 is 0 Å². The van der Waals surface area contributed by atoms with E-state index < -0.39 is 0 Å². The van der Waals surface area contributed by atoms with Crippen LogP contribution in [0.2, 0.25) is 5.02 Å². The molecule has 1 aromatic carbocycles. The smallest absolute Gasteiger partial charge is 0.160 e. The van der Waals surface area contributed by atoms with E-state index in [2.05, 4.69) is 0 Å². The lowest BCUT2D eigenvalue weighted by Gasteiger charge is -2.14. The van der Waals surface area contributed by atoms with Crippen LogP contribution in [-0.4, -0.2) is 30.8 Å². The number of ketones is 1. The van der Waals surface area contributed by atoms with Gasteiger partial charge in [-0.25, -0.2) is 0 Å². The van der Waals surface area contributed by atoms with Crippen molar-refractivity contribution in [1.29, 1.82) is 5.26 Å². The van der Waals surface area contributed by atoms with Crippen LogP contribution in [-0.2, 0) is 11.2 Å². The molecule has 90 valence electrons. The van der Waals surface area contributed by atoms with Crippen LogP contribution in [0.25, 0.3) is 0 Å². The molecule has 0 N–H and O–H groups in total. The summed E-state index contributed by atoms with van der Waals surface area (Å²) in [6.07, 6.45) is 0.860. The monoisotopic (exact) mass is 250 g/mol. The average Bonchev–Trinajstić information content (AvgIpc) is 2.28. The highest BCUT2D eigenvalue weighted by Crippen LogP contribution is 2.10. The molecule has 0 saturated carbocycles. The highest BCUT2D eigenvalue weighted by atomic mass is 35.5. The van der Waals surface area contributed by atoms with Crippen LogP contribution in [0.4, 0.5) is 0 Å². The highest BCUT2D eigenvalue weighted by molar-refractivity contribution is 6.30. The van der Waals surface area contributed by atoms with Gasteiger partial charge in [0.1, 0.15) is 0 Å². The second-order valence-electron chi connectivity index (χ2n) is 3.99. The van der Waals surface area contributed by atoms with Gasteiger partial charge in [0.25, 0.3) is 0 Å². The molecule has 0 heterocycles. The predicted octanol–water partition coefficient (Wildman–Crippen LogP) is 2.30. The van der Waals surface area contributed by atoms with Gasteiger partial charge in [-0.15, -0.1) is 0 Å². The van der Waals surface area contributed by atoms with E-state index in [1.165, 1.54) is 5.56 Å². The minimum absolute atomic E-state index is 0.00865. The molecule has 0 atom stereocenters. The summed E-state index contributed by atoms with van der Waals surface area (Å²) in [5.41, 5.74) is 1.19. The summed E-state index contributed by atoms with van der Waals surface area (Å²) < 4.78 is 0. The molecule has 0 bridgehead atoms. The van der Waals surface area contributed by atoms with E-state index in [4.69, 9.17) is 16.9 Å². The Morgan fingerprint density at radius 3 is 2.65 bits per heavy atom. The highest BCUT2D eigenvalue weighted by Gasteiger charge is 2.05. The van der Waals surface area contributed by atoms with Crippen molar-refractivity contribution in [1.82, 2.24) is 4.90 Å². The van der Waals surface area contributed by atoms with E-state index in [0.717, 1.165) is 18.0 Å².